The minimum Gasteiger partial charge on any atom is -0.487 e. The van der Waals surface area contributed by atoms with Gasteiger partial charge in [-0.2, -0.15) is 26.3 Å². The summed E-state index contributed by atoms with van der Waals surface area (Å²) >= 11 is 0. The molecule has 3 rings (SSSR count). The summed E-state index contributed by atoms with van der Waals surface area (Å²) in [6, 6.07) is 10.5. The molecule has 0 heterocycles. The second kappa shape index (κ2) is 9.12. The number of fused-ring (bicyclic) bond motifs is 1. The fourth-order valence-corrected chi connectivity index (χ4v) is 3.27. The van der Waals surface area contributed by atoms with Gasteiger partial charge in [0.15, 0.2) is 0 Å². The lowest BCUT2D eigenvalue weighted by Crippen LogP contribution is -2.49. The van der Waals surface area contributed by atoms with E-state index in [1.54, 1.807) is 30.3 Å². The standard InChI is InChI=1S/C24H19F6NO4/c1-22(2,21(33)34)31-20(32)17-10-8-13-5-3-4-6-16(13)19(17)35-12-14-7-9-15(23(25,26)27)11-18(14)24(28,29)30/h3-11H,12H2,1-2H3,(H,31,32)(H,33,34). The molecule has 5 nitrogen and oxygen atoms in total. The van der Waals surface area contributed by atoms with Crippen LogP contribution >= 0.6 is 0 Å². The van der Waals surface area contributed by atoms with Crippen LogP contribution < -0.4 is 10.1 Å². The monoisotopic (exact) mass is 499 g/mol. The fourth-order valence-electron chi connectivity index (χ4n) is 3.27. The van der Waals surface area contributed by atoms with Crippen LogP contribution in [0.5, 0.6) is 5.75 Å². The van der Waals surface area contributed by atoms with Gasteiger partial charge in [-0.1, -0.05) is 36.4 Å². The predicted molar refractivity (Wildman–Crippen MR) is 114 cm³/mol. The lowest BCUT2D eigenvalue weighted by atomic mass is 10.0. The molecule has 3 aromatic carbocycles. The Kier molecular flexibility index (Phi) is 6.74. The molecule has 0 radical (unpaired) electrons. The van der Waals surface area contributed by atoms with Gasteiger partial charge in [0.1, 0.15) is 17.9 Å². The summed E-state index contributed by atoms with van der Waals surface area (Å²) < 4.78 is 85.1. The van der Waals surface area contributed by atoms with Crippen molar-refractivity contribution in [3.05, 3.63) is 76.9 Å². The van der Waals surface area contributed by atoms with Gasteiger partial charge in [-0.15, -0.1) is 0 Å². The van der Waals surface area contributed by atoms with E-state index in [0.717, 1.165) is 0 Å². The SMILES string of the molecule is CC(C)(NC(=O)c1ccc2ccccc2c1OCc1ccc(C(F)(F)F)cc1C(F)(F)F)C(=O)O. The van der Waals surface area contributed by atoms with Crippen molar-refractivity contribution >= 4 is 22.6 Å². The number of carboxylic acid groups (broad SMARTS) is 1. The normalized spacial score (nSPS) is 12.5. The van der Waals surface area contributed by atoms with Crippen molar-refractivity contribution in [2.24, 2.45) is 0 Å². The molecule has 0 saturated heterocycles. The second-order valence-electron chi connectivity index (χ2n) is 8.20. The molecule has 0 aliphatic heterocycles. The molecule has 186 valence electrons. The number of carbonyl (C=O) groups excluding carboxylic acids is 1. The van der Waals surface area contributed by atoms with Gasteiger partial charge in [-0.3, -0.25) is 4.79 Å². The summed E-state index contributed by atoms with van der Waals surface area (Å²) in [4.78, 5) is 24.3. The van der Waals surface area contributed by atoms with E-state index in [-0.39, 0.29) is 17.4 Å². The van der Waals surface area contributed by atoms with Crippen LogP contribution in [-0.4, -0.2) is 22.5 Å². The summed E-state index contributed by atoms with van der Waals surface area (Å²) in [5.74, 6) is -2.33. The third-order valence-electron chi connectivity index (χ3n) is 5.20. The number of nitrogens with one attached hydrogen (secondary N) is 1. The molecule has 35 heavy (non-hydrogen) atoms. The zero-order valence-electron chi connectivity index (χ0n) is 18.3. The van der Waals surface area contributed by atoms with E-state index >= 15 is 0 Å². The third-order valence-corrected chi connectivity index (χ3v) is 5.20. The van der Waals surface area contributed by atoms with Crippen molar-refractivity contribution < 1.29 is 45.8 Å². The first-order valence-corrected chi connectivity index (χ1v) is 10.1. The number of hydrogen-bond donors (Lipinski definition) is 2. The summed E-state index contributed by atoms with van der Waals surface area (Å²) in [7, 11) is 0. The molecule has 3 aromatic rings. The number of ether oxygens (including phenoxy) is 1. The Morgan fingerprint density at radius 2 is 1.57 bits per heavy atom. The zero-order chi connectivity index (χ0) is 26.2. The topological polar surface area (TPSA) is 75.6 Å². The molecule has 0 unspecified atom stereocenters. The number of carboxylic acids is 1. The Balaban J connectivity index is 2.05. The van der Waals surface area contributed by atoms with Gasteiger partial charge in [0.2, 0.25) is 0 Å². The predicted octanol–water partition coefficient (Wildman–Crippen LogP) is 6.05. The molecule has 0 aliphatic rings. The summed E-state index contributed by atoms with van der Waals surface area (Å²) in [6.45, 7) is 1.68. The highest BCUT2D eigenvalue weighted by Gasteiger charge is 2.38. The minimum absolute atomic E-state index is 0.00476. The summed E-state index contributed by atoms with van der Waals surface area (Å²) in [6.07, 6.45) is -10.1. The van der Waals surface area contributed by atoms with Crippen molar-refractivity contribution in [3.8, 4) is 5.75 Å². The maximum absolute atomic E-state index is 13.5. The van der Waals surface area contributed by atoms with Gasteiger partial charge in [0, 0.05) is 10.9 Å². The molecule has 0 aromatic heterocycles. The summed E-state index contributed by atoms with van der Waals surface area (Å²) in [5, 5.41) is 12.5. The maximum atomic E-state index is 13.5. The van der Waals surface area contributed by atoms with Crippen LogP contribution in [0.4, 0.5) is 26.3 Å². The molecule has 11 heteroatoms. The van der Waals surface area contributed by atoms with E-state index in [1.165, 1.54) is 19.9 Å². The van der Waals surface area contributed by atoms with E-state index in [9.17, 15) is 41.0 Å². The number of aliphatic carboxylic acids is 1. The maximum Gasteiger partial charge on any atom is 0.416 e. The molecule has 0 bridgehead atoms. The Bertz CT molecular complexity index is 1280. The molecule has 0 spiro atoms. The molecule has 2 N–H and O–H groups in total. The number of carbonyl (C=O) groups is 2. The lowest BCUT2D eigenvalue weighted by molar-refractivity contribution is -0.144. The molecule has 0 fully saturated rings. The van der Waals surface area contributed by atoms with Crippen molar-refractivity contribution in [1.29, 1.82) is 0 Å². The average molecular weight is 499 g/mol. The van der Waals surface area contributed by atoms with Crippen LogP contribution in [0, 0.1) is 0 Å². The van der Waals surface area contributed by atoms with E-state index in [0.29, 0.717) is 22.9 Å². The van der Waals surface area contributed by atoms with Crippen molar-refractivity contribution in [1.82, 2.24) is 5.32 Å². The number of hydrogen-bond acceptors (Lipinski definition) is 3. The van der Waals surface area contributed by atoms with E-state index < -0.39 is 53.1 Å². The van der Waals surface area contributed by atoms with E-state index in [4.69, 9.17) is 4.74 Å². The van der Waals surface area contributed by atoms with Crippen LogP contribution in [0.25, 0.3) is 10.8 Å². The quantitative estimate of drug-likeness (QED) is 0.405. The molecular formula is C24H19F6NO4. The number of amides is 1. The first kappa shape index (κ1) is 25.9. The Morgan fingerprint density at radius 1 is 0.914 bits per heavy atom. The molecule has 0 saturated carbocycles. The number of benzene rings is 3. The van der Waals surface area contributed by atoms with Gasteiger partial charge in [0.05, 0.1) is 16.7 Å². The van der Waals surface area contributed by atoms with Gasteiger partial charge < -0.3 is 15.2 Å². The van der Waals surface area contributed by atoms with Crippen molar-refractivity contribution in [2.75, 3.05) is 0 Å². The van der Waals surface area contributed by atoms with E-state index in [2.05, 4.69) is 5.32 Å². The van der Waals surface area contributed by atoms with Crippen LogP contribution in [0.2, 0.25) is 0 Å². The number of rotatable bonds is 6. The molecule has 0 aliphatic carbocycles. The van der Waals surface area contributed by atoms with E-state index in [1.807, 2.05) is 0 Å². The largest absolute Gasteiger partial charge is 0.487 e. The molecule has 0 atom stereocenters. The Labute approximate surface area is 195 Å². The van der Waals surface area contributed by atoms with Gasteiger partial charge in [-0.05, 0) is 37.4 Å². The smallest absolute Gasteiger partial charge is 0.416 e. The Morgan fingerprint density at radius 3 is 2.17 bits per heavy atom. The van der Waals surface area contributed by atoms with Crippen LogP contribution in [0.3, 0.4) is 0 Å². The lowest BCUT2D eigenvalue weighted by Gasteiger charge is -2.23. The Hall–Kier alpha value is -3.76. The van der Waals surface area contributed by atoms with Crippen LogP contribution in [0.15, 0.2) is 54.6 Å². The van der Waals surface area contributed by atoms with Crippen molar-refractivity contribution in [3.63, 3.8) is 0 Å². The van der Waals surface area contributed by atoms with Crippen LogP contribution in [0.1, 0.15) is 40.9 Å². The van der Waals surface area contributed by atoms with Crippen LogP contribution in [-0.2, 0) is 23.8 Å². The molecule has 1 amide bonds. The highest BCUT2D eigenvalue weighted by molar-refractivity contribution is 6.05. The number of halogens is 6. The highest BCUT2D eigenvalue weighted by atomic mass is 19.4. The highest BCUT2D eigenvalue weighted by Crippen LogP contribution is 2.38. The first-order chi connectivity index (χ1) is 16.1. The van der Waals surface area contributed by atoms with Gasteiger partial charge >= 0.3 is 18.3 Å². The van der Waals surface area contributed by atoms with Gasteiger partial charge in [0.25, 0.3) is 5.91 Å². The average Bonchev–Trinajstić information content (AvgIpc) is 2.75. The first-order valence-electron chi connectivity index (χ1n) is 10.1. The molecular weight excluding hydrogens is 480 g/mol. The minimum atomic E-state index is -5.09. The van der Waals surface area contributed by atoms with Crippen molar-refractivity contribution in [2.45, 2.75) is 38.3 Å². The second-order valence-corrected chi connectivity index (χ2v) is 8.20. The zero-order valence-corrected chi connectivity index (χ0v) is 18.3. The van der Waals surface area contributed by atoms with Gasteiger partial charge in [-0.25, -0.2) is 4.79 Å². The fraction of sp³-hybridized carbons (Fsp3) is 0.250. The third kappa shape index (κ3) is 5.67. The summed E-state index contributed by atoms with van der Waals surface area (Å²) in [5.41, 5.74) is -5.38. The number of alkyl halides is 6.